The van der Waals surface area contributed by atoms with E-state index in [1.165, 1.54) is 11.1 Å². The van der Waals surface area contributed by atoms with E-state index in [1.54, 1.807) is 7.11 Å². The molecule has 0 saturated heterocycles. The fraction of sp³-hybridized carbons (Fsp3) is 0.600. The Labute approximate surface area is 125 Å². The lowest BCUT2D eigenvalue weighted by molar-refractivity contribution is 0.0749. The van der Waals surface area contributed by atoms with Crippen molar-refractivity contribution in [3.8, 4) is 0 Å². The van der Waals surface area contributed by atoms with Crippen LogP contribution >= 0.6 is 15.9 Å². The Balaban J connectivity index is 3.02. The molecule has 0 saturated carbocycles. The lowest BCUT2D eigenvalue weighted by Gasteiger charge is -2.35. The Kier molecular flexibility index (Phi) is 7.00. The highest BCUT2D eigenvalue weighted by molar-refractivity contribution is 9.10. The Morgan fingerprint density at radius 2 is 2.11 bits per heavy atom. The molecule has 0 spiro atoms. The number of halogens is 1. The van der Waals surface area contributed by atoms with Crippen LogP contribution in [0.4, 0.5) is 0 Å². The first-order chi connectivity index (χ1) is 9.04. The summed E-state index contributed by atoms with van der Waals surface area (Å²) in [5.41, 5.74) is 8.52. The fourth-order valence-electron chi connectivity index (χ4n) is 2.52. The van der Waals surface area contributed by atoms with Crippen LogP contribution in [0.2, 0.25) is 0 Å². The zero-order chi connectivity index (χ0) is 14.4. The molecule has 2 N–H and O–H groups in total. The molecule has 108 valence electrons. The van der Waals surface area contributed by atoms with Gasteiger partial charge in [-0.1, -0.05) is 35.0 Å². The van der Waals surface area contributed by atoms with Crippen molar-refractivity contribution in [1.82, 2.24) is 4.90 Å². The van der Waals surface area contributed by atoms with Crippen molar-refractivity contribution in [2.75, 3.05) is 26.8 Å². The van der Waals surface area contributed by atoms with Gasteiger partial charge in [0.25, 0.3) is 0 Å². The topological polar surface area (TPSA) is 38.5 Å². The highest BCUT2D eigenvalue weighted by Gasteiger charge is 2.24. The van der Waals surface area contributed by atoms with Gasteiger partial charge in [0, 0.05) is 30.2 Å². The molecule has 19 heavy (non-hydrogen) atoms. The van der Waals surface area contributed by atoms with Gasteiger partial charge < -0.3 is 10.5 Å². The van der Waals surface area contributed by atoms with Crippen LogP contribution in [0.3, 0.4) is 0 Å². The number of ether oxygens (including phenoxy) is 1. The van der Waals surface area contributed by atoms with E-state index < -0.39 is 0 Å². The monoisotopic (exact) mass is 328 g/mol. The number of hydrogen-bond acceptors (Lipinski definition) is 3. The number of hydrogen-bond donors (Lipinski definition) is 1. The molecule has 0 fully saturated rings. The second kappa shape index (κ2) is 8.00. The highest BCUT2D eigenvalue weighted by Crippen LogP contribution is 2.29. The van der Waals surface area contributed by atoms with E-state index in [0.29, 0.717) is 19.2 Å². The average molecular weight is 329 g/mol. The average Bonchev–Trinajstić information content (AvgIpc) is 2.37. The van der Waals surface area contributed by atoms with Crippen molar-refractivity contribution in [2.24, 2.45) is 5.73 Å². The van der Waals surface area contributed by atoms with Gasteiger partial charge in [-0.2, -0.15) is 0 Å². The van der Waals surface area contributed by atoms with Gasteiger partial charge in [-0.25, -0.2) is 0 Å². The molecule has 0 aliphatic rings. The zero-order valence-corrected chi connectivity index (χ0v) is 13.9. The molecule has 0 aliphatic heterocycles. The van der Waals surface area contributed by atoms with Gasteiger partial charge in [-0.05, 0) is 37.6 Å². The molecular weight excluding hydrogens is 304 g/mol. The molecule has 0 heterocycles. The summed E-state index contributed by atoms with van der Waals surface area (Å²) in [6, 6.07) is 7.01. The van der Waals surface area contributed by atoms with E-state index in [2.05, 4.69) is 59.8 Å². The standard InChI is InChI=1S/C15H25BrN2O/c1-5-18(12(3)10-19-4)15(9-17)13-7-6-11(2)8-14(13)16/h6-8,12,15H,5,9-10,17H2,1-4H3. The van der Waals surface area contributed by atoms with Crippen LogP contribution in [-0.2, 0) is 4.74 Å². The molecule has 1 rings (SSSR count). The molecule has 1 aromatic rings. The van der Waals surface area contributed by atoms with Crippen LogP contribution < -0.4 is 5.73 Å². The highest BCUT2D eigenvalue weighted by atomic mass is 79.9. The summed E-state index contributed by atoms with van der Waals surface area (Å²) >= 11 is 3.66. The van der Waals surface area contributed by atoms with E-state index in [9.17, 15) is 0 Å². The first-order valence-corrected chi connectivity index (χ1v) is 7.55. The summed E-state index contributed by atoms with van der Waals surface area (Å²) in [6.45, 7) is 8.70. The minimum absolute atomic E-state index is 0.213. The minimum atomic E-state index is 0.213. The predicted octanol–water partition coefficient (Wildman–Crippen LogP) is 3.11. The van der Waals surface area contributed by atoms with Gasteiger partial charge in [-0.3, -0.25) is 4.90 Å². The van der Waals surface area contributed by atoms with Crippen LogP contribution in [0.5, 0.6) is 0 Å². The number of likely N-dealkylation sites (N-methyl/N-ethyl adjacent to an activating group) is 1. The van der Waals surface area contributed by atoms with Crippen molar-refractivity contribution in [1.29, 1.82) is 0 Å². The largest absolute Gasteiger partial charge is 0.383 e. The maximum Gasteiger partial charge on any atom is 0.0615 e. The van der Waals surface area contributed by atoms with E-state index in [0.717, 1.165) is 11.0 Å². The van der Waals surface area contributed by atoms with Crippen LogP contribution in [0.25, 0.3) is 0 Å². The minimum Gasteiger partial charge on any atom is -0.383 e. The third-order valence-corrected chi connectivity index (χ3v) is 4.16. The van der Waals surface area contributed by atoms with Gasteiger partial charge >= 0.3 is 0 Å². The molecule has 3 nitrogen and oxygen atoms in total. The van der Waals surface area contributed by atoms with E-state index >= 15 is 0 Å². The van der Waals surface area contributed by atoms with Crippen molar-refractivity contribution < 1.29 is 4.74 Å². The number of nitrogens with zero attached hydrogens (tertiary/aromatic N) is 1. The third kappa shape index (κ3) is 4.28. The predicted molar refractivity (Wildman–Crippen MR) is 84.4 cm³/mol. The molecule has 0 radical (unpaired) electrons. The number of methoxy groups -OCH3 is 1. The maximum absolute atomic E-state index is 6.02. The molecule has 1 aromatic carbocycles. The lowest BCUT2D eigenvalue weighted by Crippen LogP contribution is -2.42. The smallest absolute Gasteiger partial charge is 0.0615 e. The summed E-state index contributed by atoms with van der Waals surface area (Å²) in [5.74, 6) is 0. The van der Waals surface area contributed by atoms with Gasteiger partial charge in [0.1, 0.15) is 0 Å². The molecule has 0 bridgehead atoms. The SMILES string of the molecule is CCN(C(C)COC)C(CN)c1ccc(C)cc1Br. The van der Waals surface area contributed by atoms with Crippen molar-refractivity contribution >= 4 is 15.9 Å². The Morgan fingerprint density at radius 1 is 1.42 bits per heavy atom. The first-order valence-electron chi connectivity index (χ1n) is 6.75. The number of nitrogens with two attached hydrogens (primary N) is 1. The van der Waals surface area contributed by atoms with Crippen LogP contribution in [0.1, 0.15) is 31.0 Å². The van der Waals surface area contributed by atoms with Gasteiger partial charge in [0.15, 0.2) is 0 Å². The van der Waals surface area contributed by atoms with E-state index in [1.807, 2.05) is 0 Å². The first kappa shape index (κ1) is 16.6. The van der Waals surface area contributed by atoms with E-state index in [-0.39, 0.29) is 6.04 Å². The third-order valence-electron chi connectivity index (χ3n) is 3.48. The molecule has 4 heteroatoms. The summed E-state index contributed by atoms with van der Waals surface area (Å²) in [7, 11) is 1.74. The van der Waals surface area contributed by atoms with Crippen LogP contribution in [-0.4, -0.2) is 37.7 Å². The zero-order valence-electron chi connectivity index (χ0n) is 12.3. The second-order valence-electron chi connectivity index (χ2n) is 4.91. The summed E-state index contributed by atoms with van der Waals surface area (Å²) in [6.07, 6.45) is 0. The van der Waals surface area contributed by atoms with Crippen LogP contribution in [0.15, 0.2) is 22.7 Å². The molecule has 0 amide bonds. The number of benzene rings is 1. The summed E-state index contributed by atoms with van der Waals surface area (Å²) in [4.78, 5) is 2.39. The van der Waals surface area contributed by atoms with Gasteiger partial charge in [-0.15, -0.1) is 0 Å². The van der Waals surface area contributed by atoms with Crippen LogP contribution in [0, 0.1) is 6.92 Å². The molecule has 0 aliphatic carbocycles. The molecule has 2 atom stereocenters. The Hall–Kier alpha value is -0.420. The summed E-state index contributed by atoms with van der Waals surface area (Å²) < 4.78 is 6.40. The molecule has 0 aromatic heterocycles. The summed E-state index contributed by atoms with van der Waals surface area (Å²) in [5, 5.41) is 0. The van der Waals surface area contributed by atoms with Crippen molar-refractivity contribution in [3.05, 3.63) is 33.8 Å². The van der Waals surface area contributed by atoms with Gasteiger partial charge in [0.2, 0.25) is 0 Å². The molecule has 2 unspecified atom stereocenters. The van der Waals surface area contributed by atoms with E-state index in [4.69, 9.17) is 10.5 Å². The lowest BCUT2D eigenvalue weighted by atomic mass is 10.0. The number of aryl methyl sites for hydroxylation is 1. The fourth-order valence-corrected chi connectivity index (χ4v) is 3.28. The van der Waals surface area contributed by atoms with Crippen molar-refractivity contribution in [3.63, 3.8) is 0 Å². The second-order valence-corrected chi connectivity index (χ2v) is 5.77. The maximum atomic E-state index is 6.02. The van der Waals surface area contributed by atoms with Gasteiger partial charge in [0.05, 0.1) is 6.61 Å². The Bertz CT molecular complexity index is 398. The number of rotatable bonds is 7. The Morgan fingerprint density at radius 3 is 2.58 bits per heavy atom. The quantitative estimate of drug-likeness (QED) is 0.835. The normalized spacial score (nSPS) is 14.7. The molecular formula is C15H25BrN2O. The van der Waals surface area contributed by atoms with Crippen molar-refractivity contribution in [2.45, 2.75) is 32.9 Å².